The molecule has 3 heterocycles. The fourth-order valence-electron chi connectivity index (χ4n) is 4.15. The van der Waals surface area contributed by atoms with Gasteiger partial charge < -0.3 is 15.0 Å². The largest absolute Gasteiger partial charge is 0.495 e. The van der Waals surface area contributed by atoms with Gasteiger partial charge in [0, 0.05) is 35.6 Å². The summed E-state index contributed by atoms with van der Waals surface area (Å²) >= 11 is 1.65. The molecule has 0 bridgehead atoms. The van der Waals surface area contributed by atoms with Crippen molar-refractivity contribution in [3.8, 4) is 16.2 Å². The first-order valence-corrected chi connectivity index (χ1v) is 11.2. The van der Waals surface area contributed by atoms with E-state index in [0.717, 1.165) is 47.1 Å². The molecule has 1 N–H and O–H groups in total. The summed E-state index contributed by atoms with van der Waals surface area (Å²) < 4.78 is 5.21. The van der Waals surface area contributed by atoms with Gasteiger partial charge in [-0.15, -0.1) is 11.3 Å². The van der Waals surface area contributed by atoms with Crippen molar-refractivity contribution in [2.24, 2.45) is 11.8 Å². The Morgan fingerprint density at radius 3 is 2.70 bits per heavy atom. The van der Waals surface area contributed by atoms with Gasteiger partial charge in [0.1, 0.15) is 11.6 Å². The molecule has 30 heavy (non-hydrogen) atoms. The van der Waals surface area contributed by atoms with Crippen LogP contribution >= 0.6 is 11.3 Å². The third-order valence-corrected chi connectivity index (χ3v) is 6.77. The molecule has 5 nitrogen and oxygen atoms in total. The minimum atomic E-state index is -0.00474. The minimum Gasteiger partial charge on any atom is -0.495 e. The number of amides is 1. The van der Waals surface area contributed by atoms with Crippen molar-refractivity contribution >= 4 is 23.1 Å². The van der Waals surface area contributed by atoms with Crippen molar-refractivity contribution in [3.63, 3.8) is 0 Å². The molecule has 0 spiro atoms. The number of nitrogens with one attached hydrogen (secondary N) is 1. The van der Waals surface area contributed by atoms with E-state index >= 15 is 0 Å². The quantitative estimate of drug-likeness (QED) is 0.600. The summed E-state index contributed by atoms with van der Waals surface area (Å²) in [6, 6.07) is 15.8. The second kappa shape index (κ2) is 9.30. The van der Waals surface area contributed by atoms with Gasteiger partial charge in [-0.25, -0.2) is 4.98 Å². The highest BCUT2D eigenvalue weighted by atomic mass is 32.1. The molecule has 1 amide bonds. The molecule has 1 fully saturated rings. The van der Waals surface area contributed by atoms with E-state index in [-0.39, 0.29) is 5.91 Å². The molecule has 0 saturated carbocycles. The maximum absolute atomic E-state index is 13.0. The van der Waals surface area contributed by atoms with Gasteiger partial charge in [0.05, 0.1) is 13.3 Å². The Morgan fingerprint density at radius 1 is 1.17 bits per heavy atom. The van der Waals surface area contributed by atoms with Crippen LogP contribution in [0, 0.1) is 11.8 Å². The molecule has 3 aromatic rings. The fraction of sp³-hybridized carbons (Fsp3) is 0.333. The van der Waals surface area contributed by atoms with Crippen LogP contribution < -0.4 is 15.0 Å². The molecule has 0 radical (unpaired) electrons. The first-order chi connectivity index (χ1) is 14.7. The van der Waals surface area contributed by atoms with Crippen molar-refractivity contribution in [2.75, 3.05) is 31.6 Å². The van der Waals surface area contributed by atoms with Crippen LogP contribution in [-0.4, -0.2) is 37.6 Å². The van der Waals surface area contributed by atoms with Crippen LogP contribution in [0.5, 0.6) is 5.75 Å². The van der Waals surface area contributed by atoms with Crippen molar-refractivity contribution in [3.05, 3.63) is 65.7 Å². The van der Waals surface area contributed by atoms with Gasteiger partial charge in [0.25, 0.3) is 5.91 Å². The molecule has 2 aromatic heterocycles. The number of aromatic nitrogens is 1. The highest BCUT2D eigenvalue weighted by molar-refractivity contribution is 7.13. The minimum absolute atomic E-state index is 0.00474. The number of methoxy groups -OCH3 is 1. The number of rotatable bonds is 7. The lowest BCUT2D eigenvalue weighted by Gasteiger charge is -2.18. The molecular weight excluding hydrogens is 394 g/mol. The Labute approximate surface area is 181 Å². The molecular formula is C24H27N3O2S. The number of hydrogen-bond acceptors (Lipinski definition) is 5. The fourth-order valence-corrected chi connectivity index (χ4v) is 4.91. The second-order valence-electron chi connectivity index (χ2n) is 7.62. The molecule has 0 aliphatic carbocycles. The Morgan fingerprint density at radius 2 is 2.00 bits per heavy atom. The molecule has 2 unspecified atom stereocenters. The zero-order chi connectivity index (χ0) is 20.9. The number of nitrogens with zero attached hydrogens (tertiary/aromatic N) is 2. The van der Waals surface area contributed by atoms with E-state index in [0.29, 0.717) is 18.4 Å². The lowest BCUT2D eigenvalue weighted by atomic mass is 9.93. The maximum atomic E-state index is 13.0. The molecule has 1 saturated heterocycles. The number of pyridine rings is 1. The normalized spacial score (nSPS) is 18.4. The lowest BCUT2D eigenvalue weighted by Crippen LogP contribution is -2.33. The van der Waals surface area contributed by atoms with Gasteiger partial charge in [-0.05, 0) is 41.5 Å². The first-order valence-electron chi connectivity index (χ1n) is 10.4. The number of carbonyl (C=O) groups excluding carboxylic acids is 1. The predicted molar refractivity (Wildman–Crippen MR) is 122 cm³/mol. The first kappa shape index (κ1) is 20.4. The summed E-state index contributed by atoms with van der Waals surface area (Å²) in [5.74, 6) is 2.65. The van der Waals surface area contributed by atoms with Crippen LogP contribution in [0.1, 0.15) is 23.7 Å². The summed E-state index contributed by atoms with van der Waals surface area (Å²) in [6.07, 6.45) is 2.84. The van der Waals surface area contributed by atoms with Crippen LogP contribution in [0.3, 0.4) is 0 Å². The molecule has 2 atom stereocenters. The van der Waals surface area contributed by atoms with E-state index in [1.165, 1.54) is 0 Å². The van der Waals surface area contributed by atoms with Crippen molar-refractivity contribution in [2.45, 2.75) is 13.3 Å². The molecule has 1 aromatic carbocycles. The molecule has 1 aliphatic heterocycles. The van der Waals surface area contributed by atoms with Crippen LogP contribution in [0.2, 0.25) is 0 Å². The van der Waals surface area contributed by atoms with Gasteiger partial charge in [-0.1, -0.05) is 37.6 Å². The number of ether oxygens (including phenoxy) is 1. The lowest BCUT2D eigenvalue weighted by molar-refractivity contribution is 0.0945. The van der Waals surface area contributed by atoms with Crippen molar-refractivity contribution in [1.29, 1.82) is 0 Å². The zero-order valence-electron chi connectivity index (χ0n) is 17.4. The van der Waals surface area contributed by atoms with Crippen LogP contribution in [-0.2, 0) is 0 Å². The predicted octanol–water partition coefficient (Wildman–Crippen LogP) is 4.71. The number of benzene rings is 1. The van der Waals surface area contributed by atoms with E-state index < -0.39 is 0 Å². The van der Waals surface area contributed by atoms with E-state index in [9.17, 15) is 4.79 Å². The topological polar surface area (TPSA) is 54.5 Å². The SMILES string of the molecule is CCC1CN(c2ccc(OC)cn2)CC1CNC(=O)c1ccccc1-c1cccs1. The molecule has 4 rings (SSSR count). The Bertz CT molecular complexity index is 972. The van der Waals surface area contributed by atoms with Gasteiger partial charge in [-0.3, -0.25) is 4.79 Å². The van der Waals surface area contributed by atoms with Crippen molar-refractivity contribution in [1.82, 2.24) is 10.3 Å². The number of hydrogen-bond donors (Lipinski definition) is 1. The third kappa shape index (κ3) is 4.33. The summed E-state index contributed by atoms with van der Waals surface area (Å²) in [4.78, 5) is 20.9. The summed E-state index contributed by atoms with van der Waals surface area (Å²) in [7, 11) is 1.65. The average Bonchev–Trinajstić information content (AvgIpc) is 3.47. The zero-order valence-corrected chi connectivity index (χ0v) is 18.2. The molecule has 6 heteroatoms. The standard InChI is InChI=1S/C24H27N3O2S/c1-3-17-15-27(23-11-10-19(29-2)14-25-23)16-18(17)13-26-24(28)21-8-5-4-7-20(21)22-9-6-12-30-22/h4-12,14,17-18H,3,13,15-16H2,1-2H3,(H,26,28). The van der Waals surface area contributed by atoms with Gasteiger partial charge in [0.2, 0.25) is 0 Å². The third-order valence-electron chi connectivity index (χ3n) is 5.86. The highest BCUT2D eigenvalue weighted by Crippen LogP contribution is 2.31. The number of thiophene rings is 1. The second-order valence-corrected chi connectivity index (χ2v) is 8.57. The van der Waals surface area contributed by atoms with Gasteiger partial charge >= 0.3 is 0 Å². The van der Waals surface area contributed by atoms with Gasteiger partial charge in [0.15, 0.2) is 0 Å². The number of anilines is 1. The Hall–Kier alpha value is -2.86. The summed E-state index contributed by atoms with van der Waals surface area (Å²) in [5, 5.41) is 5.23. The maximum Gasteiger partial charge on any atom is 0.251 e. The van der Waals surface area contributed by atoms with Crippen LogP contribution in [0.4, 0.5) is 5.82 Å². The molecule has 156 valence electrons. The monoisotopic (exact) mass is 421 g/mol. The Balaban J connectivity index is 1.42. The Kier molecular flexibility index (Phi) is 6.33. The van der Waals surface area contributed by atoms with Crippen LogP contribution in [0.25, 0.3) is 10.4 Å². The van der Waals surface area contributed by atoms with Crippen molar-refractivity contribution < 1.29 is 9.53 Å². The van der Waals surface area contributed by atoms with E-state index in [1.54, 1.807) is 24.6 Å². The highest BCUT2D eigenvalue weighted by Gasteiger charge is 2.32. The average molecular weight is 422 g/mol. The molecule has 1 aliphatic rings. The van der Waals surface area contributed by atoms with Gasteiger partial charge in [-0.2, -0.15) is 0 Å². The smallest absolute Gasteiger partial charge is 0.251 e. The summed E-state index contributed by atoms with van der Waals surface area (Å²) in [6.45, 7) is 4.74. The van der Waals surface area contributed by atoms with E-state index in [1.807, 2.05) is 47.8 Å². The van der Waals surface area contributed by atoms with Crippen LogP contribution in [0.15, 0.2) is 60.1 Å². The van der Waals surface area contributed by atoms with E-state index in [4.69, 9.17) is 4.74 Å². The summed E-state index contributed by atoms with van der Waals surface area (Å²) in [5.41, 5.74) is 1.73. The van der Waals surface area contributed by atoms with E-state index in [2.05, 4.69) is 28.2 Å². The number of carbonyl (C=O) groups is 1.